The molecule has 21 heavy (non-hydrogen) atoms. The van der Waals surface area contributed by atoms with E-state index in [-0.39, 0.29) is 37.6 Å². The summed E-state index contributed by atoms with van der Waals surface area (Å²) in [5, 5.41) is 9.22. The van der Waals surface area contributed by atoms with Crippen molar-refractivity contribution < 1.29 is 31.4 Å². The molecule has 9 heteroatoms. The number of rotatable bonds is 4. The minimum Gasteiger partial charge on any atom is -0.383 e. The average molecular weight is 331 g/mol. The van der Waals surface area contributed by atoms with Crippen LogP contribution >= 0.6 is 0 Å². The first kappa shape index (κ1) is 17.0. The van der Waals surface area contributed by atoms with Crippen molar-refractivity contribution in [2.24, 2.45) is 11.8 Å². The maximum atomic E-state index is 12.4. The molecule has 2 saturated heterocycles. The molecule has 2 aliphatic heterocycles. The van der Waals surface area contributed by atoms with Gasteiger partial charge in [-0.15, -0.1) is 0 Å². The molecule has 2 atom stereocenters. The van der Waals surface area contributed by atoms with E-state index in [9.17, 15) is 26.7 Å². The minimum absolute atomic E-state index is 0.0144. The topological polar surface area (TPSA) is 66.8 Å². The normalized spacial score (nSPS) is 27.9. The van der Waals surface area contributed by atoms with Crippen LogP contribution in [0.5, 0.6) is 0 Å². The Hall–Kier alpha value is -0.380. The number of aliphatic hydroxyl groups excluding tert-OH is 1. The summed E-state index contributed by atoms with van der Waals surface area (Å²) in [6.07, 6.45) is -6.26. The van der Waals surface area contributed by atoms with Crippen LogP contribution in [-0.4, -0.2) is 62.2 Å². The molecule has 0 aromatic heterocycles. The van der Waals surface area contributed by atoms with Crippen molar-refractivity contribution in [3.63, 3.8) is 0 Å². The molecule has 0 amide bonds. The largest absolute Gasteiger partial charge is 0.414 e. The van der Waals surface area contributed by atoms with Crippen molar-refractivity contribution in [3.05, 3.63) is 0 Å². The average Bonchev–Trinajstić information content (AvgIpc) is 2.89. The van der Waals surface area contributed by atoms with Gasteiger partial charge in [-0.2, -0.15) is 13.2 Å². The third kappa shape index (κ3) is 4.30. The van der Waals surface area contributed by atoms with Gasteiger partial charge < -0.3 is 9.84 Å². The fraction of sp³-hybridized carbons (Fsp3) is 1.00. The Kier molecular flexibility index (Phi) is 5.17. The number of alkyl halides is 3. The monoisotopic (exact) mass is 331 g/mol. The Balaban J connectivity index is 1.88. The number of aliphatic hydroxyl groups is 1. The van der Waals surface area contributed by atoms with Crippen molar-refractivity contribution in [3.8, 4) is 0 Å². The molecule has 0 spiro atoms. The van der Waals surface area contributed by atoms with Crippen molar-refractivity contribution in [2.45, 2.75) is 31.5 Å². The Morgan fingerprint density at radius 2 is 1.86 bits per heavy atom. The first-order valence-electron chi connectivity index (χ1n) is 7.00. The Morgan fingerprint density at radius 1 is 1.24 bits per heavy atom. The van der Waals surface area contributed by atoms with Crippen LogP contribution in [0.1, 0.15) is 19.3 Å². The van der Waals surface area contributed by atoms with Crippen LogP contribution in [0.25, 0.3) is 0 Å². The van der Waals surface area contributed by atoms with E-state index in [0.29, 0.717) is 19.6 Å². The highest BCUT2D eigenvalue weighted by molar-refractivity contribution is 7.89. The standard InChI is InChI=1S/C12H20F3NO4S/c13-12(14,15)11(17)10-1-4-16(5-2-10)21(18,19)8-9-3-6-20-7-9/h9-11,17H,1-8H2/t9-,11-/m1/s1. The molecule has 2 heterocycles. The molecular weight excluding hydrogens is 311 g/mol. The van der Waals surface area contributed by atoms with Crippen LogP contribution in [0.15, 0.2) is 0 Å². The molecule has 2 fully saturated rings. The van der Waals surface area contributed by atoms with Gasteiger partial charge in [0.1, 0.15) is 0 Å². The van der Waals surface area contributed by atoms with Gasteiger partial charge >= 0.3 is 6.18 Å². The maximum Gasteiger partial charge on any atom is 0.414 e. The lowest BCUT2D eigenvalue weighted by molar-refractivity contribution is -0.222. The molecule has 1 N–H and O–H groups in total. The van der Waals surface area contributed by atoms with Crippen LogP contribution in [-0.2, 0) is 14.8 Å². The van der Waals surface area contributed by atoms with Crippen molar-refractivity contribution in [2.75, 3.05) is 32.1 Å². The molecule has 0 unspecified atom stereocenters. The van der Waals surface area contributed by atoms with Gasteiger partial charge in [0.05, 0.1) is 12.4 Å². The molecule has 2 aliphatic rings. The number of halogens is 3. The van der Waals surface area contributed by atoms with Gasteiger partial charge in [0, 0.05) is 19.7 Å². The van der Waals surface area contributed by atoms with E-state index >= 15 is 0 Å². The molecule has 0 aliphatic carbocycles. The summed E-state index contributed by atoms with van der Waals surface area (Å²) in [5.74, 6) is -0.973. The summed E-state index contributed by atoms with van der Waals surface area (Å²) in [5.41, 5.74) is 0. The number of sulfonamides is 1. The van der Waals surface area contributed by atoms with E-state index < -0.39 is 28.2 Å². The van der Waals surface area contributed by atoms with Gasteiger partial charge in [-0.1, -0.05) is 0 Å². The molecule has 0 aromatic carbocycles. The summed E-state index contributed by atoms with van der Waals surface area (Å²) in [6, 6.07) is 0. The summed E-state index contributed by atoms with van der Waals surface area (Å²) in [7, 11) is -3.46. The smallest absolute Gasteiger partial charge is 0.383 e. The second-order valence-corrected chi connectivity index (χ2v) is 7.74. The fourth-order valence-electron chi connectivity index (χ4n) is 2.85. The highest BCUT2D eigenvalue weighted by Gasteiger charge is 2.45. The molecule has 124 valence electrons. The zero-order valence-corrected chi connectivity index (χ0v) is 12.4. The van der Waals surface area contributed by atoms with Crippen LogP contribution < -0.4 is 0 Å². The zero-order valence-electron chi connectivity index (χ0n) is 11.6. The summed E-state index contributed by atoms with van der Waals surface area (Å²) >= 11 is 0. The highest BCUT2D eigenvalue weighted by atomic mass is 32.2. The summed E-state index contributed by atoms with van der Waals surface area (Å²) in [6.45, 7) is 1.05. The number of piperidine rings is 1. The third-order valence-corrected chi connectivity index (χ3v) is 6.19. The highest BCUT2D eigenvalue weighted by Crippen LogP contribution is 2.32. The van der Waals surface area contributed by atoms with Gasteiger partial charge in [0.15, 0.2) is 6.10 Å². The Morgan fingerprint density at radius 3 is 2.33 bits per heavy atom. The van der Waals surface area contributed by atoms with Crippen molar-refractivity contribution in [1.82, 2.24) is 4.31 Å². The van der Waals surface area contributed by atoms with E-state index in [1.54, 1.807) is 0 Å². The van der Waals surface area contributed by atoms with E-state index in [1.165, 1.54) is 4.31 Å². The van der Waals surface area contributed by atoms with Crippen molar-refractivity contribution >= 4 is 10.0 Å². The maximum absolute atomic E-state index is 12.4. The lowest BCUT2D eigenvalue weighted by atomic mass is 9.92. The zero-order chi connectivity index (χ0) is 15.7. The second-order valence-electron chi connectivity index (χ2n) is 5.73. The second kappa shape index (κ2) is 6.39. The first-order chi connectivity index (χ1) is 9.70. The molecule has 0 bridgehead atoms. The minimum atomic E-state index is -4.65. The molecule has 5 nitrogen and oxygen atoms in total. The summed E-state index contributed by atoms with van der Waals surface area (Å²) in [4.78, 5) is 0. The Labute approximate surface area is 122 Å². The van der Waals surface area contributed by atoms with Crippen LogP contribution in [0.3, 0.4) is 0 Å². The van der Waals surface area contributed by atoms with Crippen LogP contribution in [0.4, 0.5) is 13.2 Å². The van der Waals surface area contributed by atoms with E-state index in [1.807, 2.05) is 0 Å². The van der Waals surface area contributed by atoms with Crippen LogP contribution in [0, 0.1) is 11.8 Å². The first-order valence-corrected chi connectivity index (χ1v) is 8.61. The molecule has 0 saturated carbocycles. The third-order valence-electron chi connectivity index (χ3n) is 4.14. The van der Waals surface area contributed by atoms with E-state index in [0.717, 1.165) is 0 Å². The predicted octanol–water partition coefficient (Wildman–Crippen LogP) is 0.988. The number of nitrogens with zero attached hydrogens (tertiary/aromatic N) is 1. The lowest BCUT2D eigenvalue weighted by Crippen LogP contribution is -2.46. The van der Waals surface area contributed by atoms with E-state index in [2.05, 4.69) is 0 Å². The van der Waals surface area contributed by atoms with Gasteiger partial charge in [-0.3, -0.25) is 0 Å². The van der Waals surface area contributed by atoms with Gasteiger partial charge in [-0.05, 0) is 31.1 Å². The lowest BCUT2D eigenvalue weighted by Gasteiger charge is -2.34. The van der Waals surface area contributed by atoms with Gasteiger partial charge in [0.25, 0.3) is 0 Å². The number of ether oxygens (including phenoxy) is 1. The van der Waals surface area contributed by atoms with Crippen molar-refractivity contribution in [1.29, 1.82) is 0 Å². The summed E-state index contributed by atoms with van der Waals surface area (Å²) < 4.78 is 68.1. The van der Waals surface area contributed by atoms with Gasteiger partial charge in [-0.25, -0.2) is 12.7 Å². The van der Waals surface area contributed by atoms with Gasteiger partial charge in [0.2, 0.25) is 10.0 Å². The Bertz CT molecular complexity index is 440. The molecule has 0 aromatic rings. The quantitative estimate of drug-likeness (QED) is 0.834. The molecular formula is C12H20F3NO4S. The number of hydrogen-bond acceptors (Lipinski definition) is 4. The molecule has 0 radical (unpaired) electrons. The van der Waals surface area contributed by atoms with E-state index in [4.69, 9.17) is 4.74 Å². The predicted molar refractivity (Wildman–Crippen MR) is 69.1 cm³/mol. The SMILES string of the molecule is O=S(=O)(C[C@@H]1CCOC1)N1CCC([C@@H](O)C(F)(F)F)CC1. The number of hydrogen-bond donors (Lipinski definition) is 1. The van der Waals surface area contributed by atoms with Crippen LogP contribution in [0.2, 0.25) is 0 Å². The molecule has 2 rings (SSSR count). The fourth-order valence-corrected chi connectivity index (χ4v) is 4.69.